The van der Waals surface area contributed by atoms with E-state index >= 15 is 0 Å². The van der Waals surface area contributed by atoms with E-state index in [0.29, 0.717) is 11.5 Å². The van der Waals surface area contributed by atoms with Crippen molar-refractivity contribution in [3.63, 3.8) is 0 Å². The van der Waals surface area contributed by atoms with E-state index in [2.05, 4.69) is 10.9 Å². The number of hydrazine groups is 1. The highest BCUT2D eigenvalue weighted by Gasteiger charge is 2.07. The lowest BCUT2D eigenvalue weighted by Gasteiger charge is -2.09. The molecule has 25 heavy (non-hydrogen) atoms. The molecule has 0 atom stereocenters. The van der Waals surface area contributed by atoms with Crippen molar-refractivity contribution in [3.8, 4) is 5.75 Å². The zero-order valence-electron chi connectivity index (χ0n) is 13.9. The molecule has 8 heteroatoms. The van der Waals surface area contributed by atoms with Gasteiger partial charge in [0.05, 0.1) is 10.1 Å². The minimum Gasteiger partial charge on any atom is -0.484 e. The van der Waals surface area contributed by atoms with Crippen LogP contribution >= 0.6 is 34.7 Å². The number of carbonyl (C=O) groups excluding carboxylic acids is 2. The lowest BCUT2D eigenvalue weighted by Crippen LogP contribution is -2.44. The van der Waals surface area contributed by atoms with E-state index in [0.717, 1.165) is 20.3 Å². The summed E-state index contributed by atoms with van der Waals surface area (Å²) in [6, 6.07) is 9.50. The third-order valence-electron chi connectivity index (χ3n) is 3.01. The first-order valence-corrected chi connectivity index (χ1v) is 9.88. The summed E-state index contributed by atoms with van der Waals surface area (Å²) >= 11 is 8.79. The molecule has 5 nitrogen and oxygen atoms in total. The maximum Gasteiger partial charge on any atom is 0.276 e. The van der Waals surface area contributed by atoms with Crippen LogP contribution in [0.2, 0.25) is 4.34 Å². The van der Waals surface area contributed by atoms with Crippen molar-refractivity contribution in [2.24, 2.45) is 0 Å². The summed E-state index contributed by atoms with van der Waals surface area (Å²) in [5.41, 5.74) is 6.84. The van der Waals surface area contributed by atoms with Crippen LogP contribution in [0.3, 0.4) is 0 Å². The quantitative estimate of drug-likeness (QED) is 0.701. The highest BCUT2D eigenvalue weighted by molar-refractivity contribution is 7.99. The maximum atomic E-state index is 11.7. The van der Waals surface area contributed by atoms with Crippen molar-refractivity contribution < 1.29 is 14.3 Å². The predicted octanol–water partition coefficient (Wildman–Crippen LogP) is 3.48. The average Bonchev–Trinajstić information content (AvgIpc) is 2.95. The molecule has 0 bridgehead atoms. The SMILES string of the molecule is Cc1cc(C)cc(OCC(=O)NNC(=O)CSCc2ccc(Cl)s2)c1. The number of hydrogen-bond donors (Lipinski definition) is 2. The van der Waals surface area contributed by atoms with E-state index in [1.807, 2.05) is 44.2 Å². The summed E-state index contributed by atoms with van der Waals surface area (Å²) in [6.07, 6.45) is 0. The van der Waals surface area contributed by atoms with E-state index in [9.17, 15) is 9.59 Å². The second-order valence-corrected chi connectivity index (χ2v) is 8.19. The van der Waals surface area contributed by atoms with Crippen LogP contribution in [-0.4, -0.2) is 24.2 Å². The molecule has 0 aliphatic rings. The molecule has 2 amide bonds. The zero-order valence-corrected chi connectivity index (χ0v) is 16.3. The van der Waals surface area contributed by atoms with Crippen LogP contribution in [0.4, 0.5) is 0 Å². The topological polar surface area (TPSA) is 67.4 Å². The van der Waals surface area contributed by atoms with E-state index in [1.165, 1.54) is 23.1 Å². The number of benzene rings is 1. The van der Waals surface area contributed by atoms with Crippen LogP contribution in [0.1, 0.15) is 16.0 Å². The molecule has 1 aromatic carbocycles. The molecule has 0 fully saturated rings. The van der Waals surface area contributed by atoms with E-state index in [4.69, 9.17) is 16.3 Å². The predicted molar refractivity (Wildman–Crippen MR) is 103 cm³/mol. The summed E-state index contributed by atoms with van der Waals surface area (Å²) in [4.78, 5) is 24.5. The van der Waals surface area contributed by atoms with Gasteiger partial charge in [-0.15, -0.1) is 23.1 Å². The first kappa shape index (κ1) is 19.6. The first-order chi connectivity index (χ1) is 11.9. The molecule has 2 N–H and O–H groups in total. The summed E-state index contributed by atoms with van der Waals surface area (Å²) in [7, 11) is 0. The van der Waals surface area contributed by atoms with Gasteiger partial charge in [-0.25, -0.2) is 0 Å². The van der Waals surface area contributed by atoms with Gasteiger partial charge in [0.1, 0.15) is 5.75 Å². The molecule has 2 aromatic rings. The normalized spacial score (nSPS) is 10.4. The van der Waals surface area contributed by atoms with Crippen LogP contribution in [0, 0.1) is 13.8 Å². The van der Waals surface area contributed by atoms with E-state index < -0.39 is 5.91 Å². The van der Waals surface area contributed by atoms with Crippen molar-refractivity contribution >= 4 is 46.5 Å². The molecule has 0 aliphatic carbocycles. The van der Waals surface area contributed by atoms with Gasteiger partial charge in [0.25, 0.3) is 5.91 Å². The summed E-state index contributed by atoms with van der Waals surface area (Å²) in [6.45, 7) is 3.76. The lowest BCUT2D eigenvalue weighted by atomic mass is 10.1. The summed E-state index contributed by atoms with van der Waals surface area (Å²) in [5, 5.41) is 0. The molecule has 1 aromatic heterocycles. The van der Waals surface area contributed by atoms with Gasteiger partial charge < -0.3 is 4.74 Å². The first-order valence-electron chi connectivity index (χ1n) is 7.53. The van der Waals surface area contributed by atoms with Crippen molar-refractivity contribution in [1.82, 2.24) is 10.9 Å². The van der Waals surface area contributed by atoms with Gasteiger partial charge in [-0.1, -0.05) is 17.7 Å². The molecule has 0 unspecified atom stereocenters. The Kier molecular flexibility index (Phi) is 7.61. The fourth-order valence-electron chi connectivity index (χ4n) is 2.05. The molecule has 0 radical (unpaired) electrons. The third-order valence-corrected chi connectivity index (χ3v) is 5.41. The van der Waals surface area contributed by atoms with Crippen LogP contribution in [0.5, 0.6) is 5.75 Å². The Bertz CT molecular complexity index is 729. The third kappa shape index (κ3) is 7.37. The number of ether oxygens (including phenoxy) is 1. The number of nitrogens with one attached hydrogen (secondary N) is 2. The number of thioether (sulfide) groups is 1. The smallest absolute Gasteiger partial charge is 0.276 e. The number of aryl methyl sites for hydroxylation is 2. The Labute approximate surface area is 160 Å². The van der Waals surface area contributed by atoms with Crippen LogP contribution in [-0.2, 0) is 15.3 Å². The van der Waals surface area contributed by atoms with Gasteiger partial charge in [-0.2, -0.15) is 0 Å². The standard InChI is InChI=1S/C17H19ClN2O3S2/c1-11-5-12(2)7-13(6-11)23-8-16(21)19-20-17(22)10-24-9-14-3-4-15(18)25-14/h3-7H,8-10H2,1-2H3,(H,19,21)(H,20,22). The Morgan fingerprint density at radius 2 is 1.80 bits per heavy atom. The Morgan fingerprint density at radius 1 is 1.12 bits per heavy atom. The molecule has 0 spiro atoms. The molecular weight excluding hydrogens is 380 g/mol. The molecule has 0 saturated carbocycles. The van der Waals surface area contributed by atoms with Crippen molar-refractivity contribution in [2.45, 2.75) is 19.6 Å². The van der Waals surface area contributed by atoms with Crippen molar-refractivity contribution in [3.05, 3.63) is 50.7 Å². The highest BCUT2D eigenvalue weighted by atomic mass is 35.5. The second-order valence-electron chi connectivity index (χ2n) is 5.41. The lowest BCUT2D eigenvalue weighted by molar-refractivity contribution is -0.128. The fourth-order valence-corrected chi connectivity index (χ4v) is 4.08. The maximum absolute atomic E-state index is 11.7. The van der Waals surface area contributed by atoms with E-state index in [-0.39, 0.29) is 18.3 Å². The Balaban J connectivity index is 1.62. The number of thiophene rings is 1. The van der Waals surface area contributed by atoms with Crippen LogP contribution < -0.4 is 15.6 Å². The minimum atomic E-state index is -0.414. The molecule has 0 saturated heterocycles. The largest absolute Gasteiger partial charge is 0.484 e. The molecule has 0 aliphatic heterocycles. The number of rotatable bonds is 7. The number of amides is 2. The number of halogens is 1. The number of carbonyl (C=O) groups is 2. The van der Waals surface area contributed by atoms with Crippen molar-refractivity contribution in [1.29, 1.82) is 0 Å². The summed E-state index contributed by atoms with van der Waals surface area (Å²) < 4.78 is 6.16. The van der Waals surface area contributed by atoms with Gasteiger partial charge >= 0.3 is 0 Å². The Morgan fingerprint density at radius 3 is 2.44 bits per heavy atom. The fraction of sp³-hybridized carbons (Fsp3) is 0.294. The van der Waals surface area contributed by atoms with Gasteiger partial charge in [0, 0.05) is 10.6 Å². The Hall–Kier alpha value is -1.70. The van der Waals surface area contributed by atoms with Gasteiger partial charge in [0.15, 0.2) is 6.61 Å². The van der Waals surface area contributed by atoms with Crippen LogP contribution in [0.25, 0.3) is 0 Å². The molecule has 134 valence electrons. The number of hydrogen-bond acceptors (Lipinski definition) is 5. The van der Waals surface area contributed by atoms with Gasteiger partial charge in [-0.3, -0.25) is 20.4 Å². The monoisotopic (exact) mass is 398 g/mol. The van der Waals surface area contributed by atoms with E-state index in [1.54, 1.807) is 0 Å². The zero-order chi connectivity index (χ0) is 18.2. The second kappa shape index (κ2) is 9.70. The molecule has 1 heterocycles. The minimum absolute atomic E-state index is 0.163. The van der Waals surface area contributed by atoms with Crippen LogP contribution in [0.15, 0.2) is 30.3 Å². The highest BCUT2D eigenvalue weighted by Crippen LogP contribution is 2.24. The van der Waals surface area contributed by atoms with Crippen molar-refractivity contribution in [2.75, 3.05) is 12.4 Å². The summed E-state index contributed by atoms with van der Waals surface area (Å²) in [5.74, 6) is 0.890. The molecule has 2 rings (SSSR count). The average molecular weight is 399 g/mol. The molecular formula is C17H19ClN2O3S2. The van der Waals surface area contributed by atoms with Gasteiger partial charge in [-0.05, 0) is 49.2 Å². The van der Waals surface area contributed by atoms with Gasteiger partial charge in [0.2, 0.25) is 5.91 Å².